The predicted octanol–water partition coefficient (Wildman–Crippen LogP) is 4.86. The van der Waals surface area contributed by atoms with E-state index in [1.54, 1.807) is 0 Å². The van der Waals surface area contributed by atoms with E-state index < -0.39 is 0 Å². The molecule has 5 rings (SSSR count). The van der Waals surface area contributed by atoms with Gasteiger partial charge in [0.25, 0.3) is 0 Å². The van der Waals surface area contributed by atoms with Crippen molar-refractivity contribution in [2.24, 2.45) is 0 Å². The molecule has 0 saturated heterocycles. The zero-order valence-corrected chi connectivity index (χ0v) is 14.4. The van der Waals surface area contributed by atoms with Gasteiger partial charge in [0.05, 0.1) is 0 Å². The standard InChI is InChI=1S/C19H17BrO3/c20-18-16-11-6-4-2-1-3-5-10(11)12-7-14-15(23-9-22-14)8-13(12)17(16)19(18)21/h7-8,18H,1-6,9H2. The third-order valence-corrected chi connectivity index (χ3v) is 6.27. The highest BCUT2D eigenvalue weighted by Gasteiger charge is 2.40. The van der Waals surface area contributed by atoms with E-state index >= 15 is 0 Å². The molecule has 0 amide bonds. The zero-order chi connectivity index (χ0) is 15.6. The minimum atomic E-state index is -0.125. The molecule has 0 aromatic heterocycles. The van der Waals surface area contributed by atoms with Crippen molar-refractivity contribution in [2.75, 3.05) is 6.79 Å². The molecule has 0 fully saturated rings. The molecule has 0 N–H and O–H groups in total. The Hall–Kier alpha value is -1.55. The molecule has 0 spiro atoms. The number of ether oxygens (including phenoxy) is 2. The first-order chi connectivity index (χ1) is 11.3. The average Bonchev–Trinajstić information content (AvgIpc) is 2.99. The number of hydrogen-bond donors (Lipinski definition) is 0. The lowest BCUT2D eigenvalue weighted by Gasteiger charge is -2.32. The number of Topliss-reactive ketones (excluding diaryl/α,β-unsaturated/α-hetero) is 1. The van der Waals surface area contributed by atoms with Crippen molar-refractivity contribution >= 4 is 32.5 Å². The summed E-state index contributed by atoms with van der Waals surface area (Å²) in [5, 5.41) is 2.24. The number of aryl methyl sites for hydroxylation is 1. The van der Waals surface area contributed by atoms with E-state index in [-0.39, 0.29) is 17.4 Å². The van der Waals surface area contributed by atoms with E-state index in [1.165, 1.54) is 47.8 Å². The molecule has 0 bridgehead atoms. The Morgan fingerprint density at radius 3 is 2.30 bits per heavy atom. The third-order valence-electron chi connectivity index (χ3n) is 5.40. The highest BCUT2D eigenvalue weighted by Crippen LogP contribution is 2.50. The second kappa shape index (κ2) is 4.97. The van der Waals surface area contributed by atoms with Crippen molar-refractivity contribution in [3.05, 3.63) is 34.4 Å². The normalized spacial score (nSPS) is 22.1. The predicted molar refractivity (Wildman–Crippen MR) is 91.9 cm³/mol. The van der Waals surface area contributed by atoms with Crippen molar-refractivity contribution < 1.29 is 14.3 Å². The Morgan fingerprint density at radius 1 is 0.913 bits per heavy atom. The van der Waals surface area contributed by atoms with E-state index in [1.807, 2.05) is 6.07 Å². The number of carbonyl (C=O) groups is 1. The van der Waals surface area contributed by atoms with Crippen LogP contribution in [0, 0.1) is 0 Å². The highest BCUT2D eigenvalue weighted by molar-refractivity contribution is 9.09. The van der Waals surface area contributed by atoms with Crippen LogP contribution in [0.25, 0.3) is 10.8 Å². The van der Waals surface area contributed by atoms with E-state index in [4.69, 9.17) is 9.47 Å². The van der Waals surface area contributed by atoms with Gasteiger partial charge in [-0.15, -0.1) is 0 Å². The Balaban J connectivity index is 1.87. The minimum absolute atomic E-state index is 0.125. The molecule has 2 aromatic rings. The molecule has 1 aliphatic heterocycles. The van der Waals surface area contributed by atoms with Crippen molar-refractivity contribution in [1.29, 1.82) is 0 Å². The maximum atomic E-state index is 12.5. The van der Waals surface area contributed by atoms with Crippen LogP contribution in [0.4, 0.5) is 0 Å². The van der Waals surface area contributed by atoms with Crippen LogP contribution in [0.2, 0.25) is 0 Å². The SMILES string of the molecule is O=C1c2c(c3c(c4cc5c(cc24)OCO5)CCCCCC3)C1Br. The minimum Gasteiger partial charge on any atom is -0.454 e. The number of halogens is 1. The maximum Gasteiger partial charge on any atom is 0.231 e. The average molecular weight is 373 g/mol. The van der Waals surface area contributed by atoms with Crippen LogP contribution in [0.15, 0.2) is 12.1 Å². The fraction of sp³-hybridized carbons (Fsp3) is 0.421. The van der Waals surface area contributed by atoms with Crippen molar-refractivity contribution in [1.82, 2.24) is 0 Å². The van der Waals surface area contributed by atoms with E-state index in [2.05, 4.69) is 22.0 Å². The molecule has 3 aliphatic rings. The summed E-state index contributed by atoms with van der Waals surface area (Å²) < 4.78 is 11.1. The van der Waals surface area contributed by atoms with Gasteiger partial charge < -0.3 is 9.47 Å². The molecule has 1 unspecified atom stereocenters. The molecule has 0 saturated carbocycles. The lowest BCUT2D eigenvalue weighted by Crippen LogP contribution is -2.26. The molecule has 2 aromatic carbocycles. The van der Waals surface area contributed by atoms with Gasteiger partial charge in [-0.05, 0) is 65.3 Å². The number of benzene rings is 2. The number of ketones is 1. The molecule has 23 heavy (non-hydrogen) atoms. The van der Waals surface area contributed by atoms with Gasteiger partial charge in [0, 0.05) is 5.56 Å². The van der Waals surface area contributed by atoms with Crippen molar-refractivity contribution in [2.45, 2.75) is 43.4 Å². The second-order valence-corrected chi connectivity index (χ2v) is 7.55. The summed E-state index contributed by atoms with van der Waals surface area (Å²) in [7, 11) is 0. The van der Waals surface area contributed by atoms with Crippen LogP contribution in [0.1, 0.15) is 57.6 Å². The van der Waals surface area contributed by atoms with E-state index in [0.29, 0.717) is 0 Å². The largest absolute Gasteiger partial charge is 0.454 e. The Labute approximate surface area is 143 Å². The highest BCUT2D eigenvalue weighted by atomic mass is 79.9. The van der Waals surface area contributed by atoms with Gasteiger partial charge in [0.2, 0.25) is 6.79 Å². The van der Waals surface area contributed by atoms with Gasteiger partial charge in [0.15, 0.2) is 17.3 Å². The van der Waals surface area contributed by atoms with Gasteiger partial charge >= 0.3 is 0 Å². The molecule has 0 radical (unpaired) electrons. The summed E-state index contributed by atoms with van der Waals surface area (Å²) in [6, 6.07) is 4.10. The Kier molecular flexibility index (Phi) is 2.99. The van der Waals surface area contributed by atoms with Gasteiger partial charge in [-0.3, -0.25) is 4.79 Å². The molecule has 2 aliphatic carbocycles. The van der Waals surface area contributed by atoms with Crippen LogP contribution < -0.4 is 9.47 Å². The molecular weight excluding hydrogens is 356 g/mol. The summed E-state index contributed by atoms with van der Waals surface area (Å²) in [5.74, 6) is 1.77. The number of fused-ring (bicyclic) bond motifs is 7. The monoisotopic (exact) mass is 372 g/mol. The van der Waals surface area contributed by atoms with Crippen LogP contribution in [0.3, 0.4) is 0 Å². The van der Waals surface area contributed by atoms with Crippen LogP contribution in [0.5, 0.6) is 11.5 Å². The number of alkyl halides is 1. The zero-order valence-electron chi connectivity index (χ0n) is 12.8. The van der Waals surface area contributed by atoms with Gasteiger partial charge in [-0.25, -0.2) is 0 Å². The summed E-state index contributed by atoms with van der Waals surface area (Å²) in [6.07, 6.45) is 7.18. The first-order valence-corrected chi connectivity index (χ1v) is 9.26. The topological polar surface area (TPSA) is 35.5 Å². The molecular formula is C19H17BrO3. The first-order valence-electron chi connectivity index (χ1n) is 8.35. The number of rotatable bonds is 0. The van der Waals surface area contributed by atoms with Crippen LogP contribution in [-0.4, -0.2) is 12.6 Å². The Morgan fingerprint density at radius 2 is 1.57 bits per heavy atom. The number of carbonyl (C=O) groups excluding carboxylic acids is 1. The summed E-state index contributed by atoms with van der Waals surface area (Å²) in [4.78, 5) is 12.4. The molecule has 1 heterocycles. The third kappa shape index (κ3) is 1.84. The van der Waals surface area contributed by atoms with E-state index in [9.17, 15) is 4.79 Å². The van der Waals surface area contributed by atoms with Crippen molar-refractivity contribution in [3.8, 4) is 11.5 Å². The van der Waals surface area contributed by atoms with Crippen LogP contribution >= 0.6 is 15.9 Å². The lowest BCUT2D eigenvalue weighted by molar-refractivity contribution is 0.0967. The lowest BCUT2D eigenvalue weighted by atomic mass is 9.74. The van der Waals surface area contributed by atoms with Crippen LogP contribution in [-0.2, 0) is 12.8 Å². The summed E-state index contributed by atoms with van der Waals surface area (Å²) in [6.45, 7) is 0.269. The van der Waals surface area contributed by atoms with E-state index in [0.717, 1.165) is 35.3 Å². The van der Waals surface area contributed by atoms with Crippen molar-refractivity contribution in [3.63, 3.8) is 0 Å². The molecule has 1 atom stereocenters. The maximum absolute atomic E-state index is 12.5. The quantitative estimate of drug-likeness (QED) is 0.619. The van der Waals surface area contributed by atoms with Gasteiger partial charge in [0.1, 0.15) is 4.83 Å². The molecule has 4 heteroatoms. The second-order valence-electron chi connectivity index (χ2n) is 6.64. The van der Waals surface area contributed by atoms with Gasteiger partial charge in [-0.2, -0.15) is 0 Å². The molecule has 3 nitrogen and oxygen atoms in total. The number of hydrogen-bond acceptors (Lipinski definition) is 3. The molecule has 118 valence electrons. The smallest absolute Gasteiger partial charge is 0.231 e. The Bertz CT molecular complexity index is 856. The first kappa shape index (κ1) is 13.8. The summed E-state index contributed by atoms with van der Waals surface area (Å²) in [5.41, 5.74) is 4.97. The fourth-order valence-electron chi connectivity index (χ4n) is 4.27. The van der Waals surface area contributed by atoms with Gasteiger partial charge in [-0.1, -0.05) is 28.8 Å². The summed E-state index contributed by atoms with van der Waals surface area (Å²) >= 11 is 3.59. The fourth-order valence-corrected chi connectivity index (χ4v) is 5.01.